The summed E-state index contributed by atoms with van der Waals surface area (Å²) in [5, 5.41) is 0. The maximum atomic E-state index is 2.31. The van der Waals surface area contributed by atoms with Crippen LogP contribution in [0.5, 0.6) is 0 Å². The smallest absolute Gasteiger partial charge is 0 e. The summed E-state index contributed by atoms with van der Waals surface area (Å²) >= 11 is 0. The largest absolute Gasteiger partial charge is 0.323 e. The predicted molar refractivity (Wildman–Crippen MR) is 34.0 cm³/mol. The van der Waals surface area contributed by atoms with Crippen molar-refractivity contribution >= 4 is 0 Å². The van der Waals surface area contributed by atoms with Crippen molar-refractivity contribution < 1.29 is 21.1 Å². The Hall–Kier alpha value is 0.688. The molecule has 0 spiro atoms. The molecule has 0 N–H and O–H groups in total. The second kappa shape index (κ2) is 4.56. The molecule has 8 heavy (non-hydrogen) atoms. The van der Waals surface area contributed by atoms with Gasteiger partial charge < -0.3 is 6.42 Å². The molecule has 0 saturated carbocycles. The average molecular weight is 283 g/mol. The van der Waals surface area contributed by atoms with E-state index in [0.717, 1.165) is 0 Å². The molecule has 0 aromatic carbocycles. The summed E-state index contributed by atoms with van der Waals surface area (Å²) in [6.07, 6.45) is 3.50. The van der Waals surface area contributed by atoms with E-state index >= 15 is 0 Å². The van der Waals surface area contributed by atoms with Crippen LogP contribution >= 0.6 is 0 Å². The third-order valence-electron chi connectivity index (χ3n) is 0.816. The Morgan fingerprint density at radius 3 is 1.62 bits per heavy atom. The standard InChI is InChI=1S/C7H15.W/c1-5-6-7(2,3)4;/h6H,5H2,1-4H3;/q-1;. The van der Waals surface area contributed by atoms with Crippen molar-refractivity contribution in [1.82, 2.24) is 0 Å². The van der Waals surface area contributed by atoms with Gasteiger partial charge in [0.15, 0.2) is 0 Å². The molecule has 0 fully saturated rings. The van der Waals surface area contributed by atoms with Crippen LogP contribution in [0.25, 0.3) is 0 Å². The van der Waals surface area contributed by atoms with E-state index in [1.165, 1.54) is 6.42 Å². The molecule has 0 amide bonds. The zero-order valence-electron chi connectivity index (χ0n) is 6.19. The first-order valence-corrected chi connectivity index (χ1v) is 2.90. The van der Waals surface area contributed by atoms with Crippen LogP contribution in [0.2, 0.25) is 0 Å². The van der Waals surface area contributed by atoms with Gasteiger partial charge in [-0.1, -0.05) is 27.7 Å². The summed E-state index contributed by atoms with van der Waals surface area (Å²) in [5.41, 5.74) is 0.425. The zero-order chi connectivity index (χ0) is 5.91. The van der Waals surface area contributed by atoms with Gasteiger partial charge in [-0.15, -0.1) is 0 Å². The SMILES string of the molecule is CC[CH-]C(C)(C)C.[W]. The van der Waals surface area contributed by atoms with Gasteiger partial charge in [-0.25, -0.2) is 0 Å². The van der Waals surface area contributed by atoms with Gasteiger partial charge in [-0.2, -0.15) is 11.8 Å². The van der Waals surface area contributed by atoms with E-state index in [4.69, 9.17) is 0 Å². The maximum absolute atomic E-state index is 2.31. The van der Waals surface area contributed by atoms with Gasteiger partial charge >= 0.3 is 0 Å². The normalized spacial score (nSPS) is 10.5. The Labute approximate surface area is 67.3 Å². The van der Waals surface area contributed by atoms with E-state index in [1.807, 2.05) is 0 Å². The fourth-order valence-corrected chi connectivity index (χ4v) is 0.612. The van der Waals surface area contributed by atoms with Crippen LogP contribution < -0.4 is 0 Å². The summed E-state index contributed by atoms with van der Waals surface area (Å²) in [4.78, 5) is 0. The van der Waals surface area contributed by atoms with Gasteiger partial charge in [0.2, 0.25) is 0 Å². The molecular formula is C7H15W-. The van der Waals surface area contributed by atoms with E-state index in [2.05, 4.69) is 34.1 Å². The Kier molecular flexibility index (Phi) is 6.54. The third-order valence-corrected chi connectivity index (χ3v) is 0.816. The van der Waals surface area contributed by atoms with Crippen molar-refractivity contribution in [1.29, 1.82) is 0 Å². The Morgan fingerprint density at radius 1 is 1.25 bits per heavy atom. The molecule has 50 valence electrons. The minimum absolute atomic E-state index is 0. The van der Waals surface area contributed by atoms with Crippen molar-refractivity contribution in [2.75, 3.05) is 0 Å². The van der Waals surface area contributed by atoms with Gasteiger partial charge in [0.25, 0.3) is 0 Å². The Balaban J connectivity index is 0. The van der Waals surface area contributed by atoms with Crippen LogP contribution in [0.15, 0.2) is 0 Å². The molecule has 0 aliphatic heterocycles. The molecule has 0 aromatic heterocycles. The molecule has 0 heterocycles. The molecule has 0 atom stereocenters. The van der Waals surface area contributed by atoms with Crippen LogP contribution in [0, 0.1) is 11.8 Å². The van der Waals surface area contributed by atoms with Crippen molar-refractivity contribution in [3.8, 4) is 0 Å². The molecule has 0 unspecified atom stereocenters. The number of hydrogen-bond donors (Lipinski definition) is 0. The fraction of sp³-hybridized carbons (Fsp3) is 0.857. The van der Waals surface area contributed by atoms with Gasteiger partial charge in [-0.05, 0) is 0 Å². The molecule has 0 saturated heterocycles. The first-order valence-electron chi connectivity index (χ1n) is 2.90. The minimum Gasteiger partial charge on any atom is -0.323 e. The molecule has 0 nitrogen and oxygen atoms in total. The van der Waals surface area contributed by atoms with Crippen LogP contribution in [0.1, 0.15) is 34.1 Å². The summed E-state index contributed by atoms with van der Waals surface area (Å²) in [7, 11) is 0. The van der Waals surface area contributed by atoms with Crippen molar-refractivity contribution in [3.05, 3.63) is 6.42 Å². The first kappa shape index (κ1) is 11.5. The van der Waals surface area contributed by atoms with Crippen molar-refractivity contribution in [2.45, 2.75) is 34.1 Å². The summed E-state index contributed by atoms with van der Waals surface area (Å²) in [6, 6.07) is 0. The molecule has 0 bridgehead atoms. The fourth-order valence-electron chi connectivity index (χ4n) is 0.612. The average Bonchev–Trinajstić information content (AvgIpc) is 1.30. The summed E-state index contributed by atoms with van der Waals surface area (Å²) in [6.45, 7) is 8.83. The van der Waals surface area contributed by atoms with Crippen LogP contribution in [-0.2, 0) is 21.1 Å². The molecule has 1 heteroatoms. The monoisotopic (exact) mass is 283 g/mol. The minimum atomic E-state index is 0. The van der Waals surface area contributed by atoms with Gasteiger partial charge in [0.1, 0.15) is 0 Å². The second-order valence-corrected chi connectivity index (χ2v) is 2.98. The van der Waals surface area contributed by atoms with Crippen molar-refractivity contribution in [3.63, 3.8) is 0 Å². The quantitative estimate of drug-likeness (QED) is 0.649. The molecule has 0 aromatic rings. The van der Waals surface area contributed by atoms with Gasteiger partial charge in [-0.3, -0.25) is 0 Å². The molecule has 0 rings (SSSR count). The number of hydrogen-bond acceptors (Lipinski definition) is 0. The molecule has 0 aliphatic rings. The second-order valence-electron chi connectivity index (χ2n) is 2.98. The topological polar surface area (TPSA) is 0 Å². The molecule has 0 aliphatic carbocycles. The zero-order valence-corrected chi connectivity index (χ0v) is 9.13. The molecule has 0 radical (unpaired) electrons. The van der Waals surface area contributed by atoms with Gasteiger partial charge in [0, 0.05) is 21.1 Å². The molecular weight excluding hydrogens is 268 g/mol. The summed E-state index contributed by atoms with van der Waals surface area (Å²) < 4.78 is 0. The van der Waals surface area contributed by atoms with E-state index in [9.17, 15) is 0 Å². The number of rotatable bonds is 1. The van der Waals surface area contributed by atoms with E-state index in [1.54, 1.807) is 0 Å². The van der Waals surface area contributed by atoms with E-state index in [0.29, 0.717) is 5.41 Å². The van der Waals surface area contributed by atoms with Crippen LogP contribution in [-0.4, -0.2) is 0 Å². The predicted octanol–water partition coefficient (Wildman–Crippen LogP) is 2.64. The van der Waals surface area contributed by atoms with Gasteiger partial charge in [0.05, 0.1) is 0 Å². The Morgan fingerprint density at radius 2 is 1.62 bits per heavy atom. The maximum Gasteiger partial charge on any atom is 0 e. The van der Waals surface area contributed by atoms with Crippen LogP contribution in [0.4, 0.5) is 0 Å². The summed E-state index contributed by atoms with van der Waals surface area (Å²) in [5.74, 6) is 0. The van der Waals surface area contributed by atoms with E-state index in [-0.39, 0.29) is 21.1 Å². The third kappa shape index (κ3) is 9.85. The Bertz CT molecular complexity index is 42.8. The first-order chi connectivity index (χ1) is 3.06. The van der Waals surface area contributed by atoms with Crippen LogP contribution in [0.3, 0.4) is 0 Å². The van der Waals surface area contributed by atoms with E-state index < -0.39 is 0 Å². The van der Waals surface area contributed by atoms with Crippen molar-refractivity contribution in [2.24, 2.45) is 5.41 Å².